The highest BCUT2D eigenvalue weighted by molar-refractivity contribution is 9.10. The lowest BCUT2D eigenvalue weighted by Crippen LogP contribution is -2.10. The van der Waals surface area contributed by atoms with Gasteiger partial charge in [0, 0.05) is 14.0 Å². The van der Waals surface area contributed by atoms with Crippen LogP contribution >= 0.6 is 15.9 Å². The Morgan fingerprint density at radius 1 is 1.57 bits per heavy atom. The average molecular weight is 260 g/mol. The Balaban J connectivity index is 3.15. The van der Waals surface area contributed by atoms with Gasteiger partial charge in [-0.1, -0.05) is 13.8 Å². The van der Waals surface area contributed by atoms with Gasteiger partial charge in [-0.15, -0.1) is 0 Å². The first kappa shape index (κ1) is 11.2. The molecule has 0 aliphatic rings. The second-order valence-corrected chi connectivity index (χ2v) is 4.22. The lowest BCUT2D eigenvalue weighted by Gasteiger charge is -2.09. The van der Waals surface area contributed by atoms with E-state index in [1.165, 1.54) is 6.92 Å². The Bertz CT molecular complexity index is 357. The molecule has 1 aromatic heterocycles. The number of rotatable bonds is 2. The van der Waals surface area contributed by atoms with Crippen LogP contribution in [0.1, 0.15) is 32.4 Å². The number of nitrogens with one attached hydrogen (secondary N) is 1. The maximum Gasteiger partial charge on any atom is 0.222 e. The van der Waals surface area contributed by atoms with Gasteiger partial charge in [0.15, 0.2) is 10.6 Å². The molecule has 0 atom stereocenters. The van der Waals surface area contributed by atoms with E-state index in [-0.39, 0.29) is 5.91 Å². The van der Waals surface area contributed by atoms with Gasteiger partial charge >= 0.3 is 0 Å². The maximum atomic E-state index is 10.9. The zero-order chi connectivity index (χ0) is 10.9. The maximum absolute atomic E-state index is 10.9. The van der Waals surface area contributed by atoms with Gasteiger partial charge < -0.3 is 9.88 Å². The molecule has 4 nitrogen and oxygen atoms in total. The minimum Gasteiger partial charge on any atom is -0.324 e. The fraction of sp³-hybridized carbons (Fsp3) is 0.556. The fourth-order valence-electron chi connectivity index (χ4n) is 1.40. The zero-order valence-electron chi connectivity index (χ0n) is 8.76. The summed E-state index contributed by atoms with van der Waals surface area (Å²) in [6.45, 7) is 5.61. The topological polar surface area (TPSA) is 46.9 Å². The minimum absolute atomic E-state index is 0.0995. The lowest BCUT2D eigenvalue weighted by molar-refractivity contribution is -0.114. The molecule has 1 amide bonds. The summed E-state index contributed by atoms with van der Waals surface area (Å²) < 4.78 is 2.65. The van der Waals surface area contributed by atoms with Crippen LogP contribution in [0.3, 0.4) is 0 Å². The quantitative estimate of drug-likeness (QED) is 0.886. The van der Waals surface area contributed by atoms with Gasteiger partial charge in [0.25, 0.3) is 0 Å². The zero-order valence-corrected chi connectivity index (χ0v) is 10.3. The second kappa shape index (κ2) is 4.13. The molecular weight excluding hydrogens is 246 g/mol. The van der Waals surface area contributed by atoms with Crippen molar-refractivity contribution in [3.63, 3.8) is 0 Å². The number of hydrogen-bond acceptors (Lipinski definition) is 2. The van der Waals surface area contributed by atoms with Crippen LogP contribution in [0.25, 0.3) is 0 Å². The predicted molar refractivity (Wildman–Crippen MR) is 59.3 cm³/mol. The standard InChI is InChI=1S/C9H14BrN3O/c1-5(2)7-8(11-6(3)14)12-9(10)13(7)4/h5H,1-4H3,(H,11,14). The summed E-state index contributed by atoms with van der Waals surface area (Å²) in [6, 6.07) is 0. The Hall–Kier alpha value is -0.840. The summed E-state index contributed by atoms with van der Waals surface area (Å²) in [4.78, 5) is 15.2. The van der Waals surface area contributed by atoms with Crippen molar-refractivity contribution in [2.75, 3.05) is 5.32 Å². The van der Waals surface area contributed by atoms with E-state index in [1.807, 2.05) is 11.6 Å². The van der Waals surface area contributed by atoms with Crippen molar-refractivity contribution < 1.29 is 4.79 Å². The summed E-state index contributed by atoms with van der Waals surface area (Å²) in [6.07, 6.45) is 0. The van der Waals surface area contributed by atoms with Crippen LogP contribution < -0.4 is 5.32 Å². The van der Waals surface area contributed by atoms with E-state index < -0.39 is 0 Å². The van der Waals surface area contributed by atoms with Crippen LogP contribution in [0.4, 0.5) is 5.82 Å². The largest absolute Gasteiger partial charge is 0.324 e. The van der Waals surface area contributed by atoms with Crippen LogP contribution in [-0.4, -0.2) is 15.5 Å². The van der Waals surface area contributed by atoms with Gasteiger partial charge in [0.05, 0.1) is 5.69 Å². The highest BCUT2D eigenvalue weighted by Gasteiger charge is 2.16. The Labute approximate surface area is 91.8 Å². The number of carbonyl (C=O) groups excluding carboxylic acids is 1. The number of amides is 1. The highest BCUT2D eigenvalue weighted by Crippen LogP contribution is 2.26. The Morgan fingerprint density at radius 3 is 2.57 bits per heavy atom. The average Bonchev–Trinajstić information content (AvgIpc) is 2.26. The second-order valence-electron chi connectivity index (χ2n) is 3.51. The molecule has 0 saturated carbocycles. The summed E-state index contributed by atoms with van der Waals surface area (Å²) in [5.41, 5.74) is 1.02. The summed E-state index contributed by atoms with van der Waals surface area (Å²) in [5.74, 6) is 0.861. The van der Waals surface area contributed by atoms with Crippen LogP contribution in [0.15, 0.2) is 4.73 Å². The number of anilines is 1. The van der Waals surface area contributed by atoms with E-state index in [2.05, 4.69) is 40.1 Å². The van der Waals surface area contributed by atoms with E-state index in [0.29, 0.717) is 11.7 Å². The molecule has 1 N–H and O–H groups in total. The fourth-order valence-corrected chi connectivity index (χ4v) is 1.77. The summed E-state index contributed by atoms with van der Waals surface area (Å²) in [7, 11) is 1.91. The monoisotopic (exact) mass is 259 g/mol. The third-order valence-electron chi connectivity index (χ3n) is 1.93. The van der Waals surface area contributed by atoms with Crippen molar-refractivity contribution in [1.82, 2.24) is 9.55 Å². The Kier molecular flexibility index (Phi) is 3.31. The smallest absolute Gasteiger partial charge is 0.222 e. The van der Waals surface area contributed by atoms with E-state index >= 15 is 0 Å². The molecule has 0 fully saturated rings. The molecule has 0 bridgehead atoms. The summed E-state index contributed by atoms with van der Waals surface area (Å²) >= 11 is 3.33. The predicted octanol–water partition coefficient (Wildman–Crippen LogP) is 2.26. The van der Waals surface area contributed by atoms with Crippen molar-refractivity contribution in [3.05, 3.63) is 10.4 Å². The number of carbonyl (C=O) groups is 1. The third-order valence-corrected chi connectivity index (χ3v) is 2.64. The van der Waals surface area contributed by atoms with Gasteiger partial charge in [-0.3, -0.25) is 4.79 Å². The van der Waals surface area contributed by atoms with Gasteiger partial charge in [-0.25, -0.2) is 4.98 Å². The molecule has 5 heteroatoms. The minimum atomic E-state index is -0.0995. The molecule has 0 unspecified atom stereocenters. The molecule has 1 aromatic rings. The van der Waals surface area contributed by atoms with Crippen molar-refractivity contribution in [3.8, 4) is 0 Å². The van der Waals surface area contributed by atoms with Crippen LogP contribution in [0.2, 0.25) is 0 Å². The van der Waals surface area contributed by atoms with Crippen LogP contribution in [0.5, 0.6) is 0 Å². The molecule has 1 rings (SSSR count). The van der Waals surface area contributed by atoms with Crippen molar-refractivity contribution in [1.29, 1.82) is 0 Å². The molecule has 1 heterocycles. The molecule has 0 aliphatic heterocycles. The number of nitrogens with zero attached hydrogens (tertiary/aromatic N) is 2. The first-order chi connectivity index (χ1) is 6.43. The van der Waals surface area contributed by atoms with Gasteiger partial charge in [0.1, 0.15) is 0 Å². The van der Waals surface area contributed by atoms with Gasteiger partial charge in [-0.05, 0) is 21.8 Å². The number of imidazole rings is 1. The van der Waals surface area contributed by atoms with Crippen molar-refractivity contribution in [2.24, 2.45) is 7.05 Å². The molecule has 0 spiro atoms. The molecule has 78 valence electrons. The number of aromatic nitrogens is 2. The SMILES string of the molecule is CC(=O)Nc1nc(Br)n(C)c1C(C)C. The number of hydrogen-bond donors (Lipinski definition) is 1. The first-order valence-corrected chi connectivity index (χ1v) is 5.22. The Morgan fingerprint density at radius 2 is 2.14 bits per heavy atom. The number of halogens is 1. The van der Waals surface area contributed by atoms with E-state index in [9.17, 15) is 4.79 Å². The van der Waals surface area contributed by atoms with E-state index in [1.54, 1.807) is 0 Å². The molecule has 0 aromatic carbocycles. The van der Waals surface area contributed by atoms with Crippen LogP contribution in [0, 0.1) is 0 Å². The van der Waals surface area contributed by atoms with Crippen molar-refractivity contribution >= 4 is 27.7 Å². The summed E-state index contributed by atoms with van der Waals surface area (Å²) in [5, 5.41) is 2.72. The van der Waals surface area contributed by atoms with E-state index in [0.717, 1.165) is 10.4 Å². The molecule has 14 heavy (non-hydrogen) atoms. The van der Waals surface area contributed by atoms with Gasteiger partial charge in [0.2, 0.25) is 5.91 Å². The lowest BCUT2D eigenvalue weighted by atomic mass is 10.1. The van der Waals surface area contributed by atoms with E-state index in [4.69, 9.17) is 0 Å². The van der Waals surface area contributed by atoms with Crippen molar-refractivity contribution in [2.45, 2.75) is 26.7 Å². The molecular formula is C9H14BrN3O. The first-order valence-electron chi connectivity index (χ1n) is 4.43. The normalized spacial score (nSPS) is 10.7. The molecule has 0 radical (unpaired) electrons. The molecule has 0 saturated heterocycles. The highest BCUT2D eigenvalue weighted by atomic mass is 79.9. The van der Waals surface area contributed by atoms with Gasteiger partial charge in [-0.2, -0.15) is 0 Å². The molecule has 0 aliphatic carbocycles. The third kappa shape index (κ3) is 2.15. The van der Waals surface area contributed by atoms with Crippen LogP contribution in [-0.2, 0) is 11.8 Å².